The molecule has 1 rings (SSSR count). The zero-order chi connectivity index (χ0) is 9.19. The van der Waals surface area contributed by atoms with E-state index in [1.54, 1.807) is 12.3 Å². The van der Waals surface area contributed by atoms with E-state index in [-0.39, 0.29) is 5.57 Å². The zero-order valence-corrected chi connectivity index (χ0v) is 6.53. The van der Waals surface area contributed by atoms with Crippen molar-refractivity contribution in [1.29, 1.82) is 5.26 Å². The van der Waals surface area contributed by atoms with Gasteiger partial charge in [-0.1, -0.05) is 0 Å². The van der Waals surface area contributed by atoms with Crippen LogP contribution >= 0.6 is 0 Å². The number of carbonyl (C=O) groups is 1. The number of rotatable bonds is 1. The van der Waals surface area contributed by atoms with Gasteiger partial charge in [-0.3, -0.25) is 0 Å². The van der Waals surface area contributed by atoms with Gasteiger partial charge in [-0.15, -0.1) is 0 Å². The monoisotopic (exact) mass is 164 g/mol. The third kappa shape index (κ3) is 1.17. The Kier molecular flexibility index (Phi) is 1.88. The van der Waals surface area contributed by atoms with E-state index in [1.165, 1.54) is 13.0 Å². The number of hydrogen-bond donors (Lipinski definition) is 2. The van der Waals surface area contributed by atoms with Crippen molar-refractivity contribution < 1.29 is 9.90 Å². The van der Waals surface area contributed by atoms with Crippen molar-refractivity contribution in [3.63, 3.8) is 0 Å². The first kappa shape index (κ1) is 8.34. The van der Waals surface area contributed by atoms with Crippen LogP contribution in [0.5, 0.6) is 0 Å². The maximum absolute atomic E-state index is 10.6. The highest BCUT2D eigenvalue weighted by atomic mass is 16.4. The molecule has 1 aliphatic rings. The van der Waals surface area contributed by atoms with E-state index in [9.17, 15) is 4.79 Å². The van der Waals surface area contributed by atoms with Gasteiger partial charge in [0.05, 0.1) is 11.6 Å². The van der Waals surface area contributed by atoms with Crippen LogP contribution in [-0.4, -0.2) is 16.6 Å². The molecule has 4 heteroatoms. The molecule has 1 atom stereocenters. The zero-order valence-electron chi connectivity index (χ0n) is 6.53. The Morgan fingerprint density at radius 3 is 2.92 bits per heavy atom. The number of allylic oxidation sites excluding steroid dienone is 2. The van der Waals surface area contributed by atoms with E-state index in [0.29, 0.717) is 0 Å². The summed E-state index contributed by atoms with van der Waals surface area (Å²) in [6.45, 7) is 1.52. The van der Waals surface area contributed by atoms with Gasteiger partial charge in [0.1, 0.15) is 0 Å². The second-order valence-corrected chi connectivity index (χ2v) is 2.63. The van der Waals surface area contributed by atoms with Crippen LogP contribution in [0.15, 0.2) is 23.9 Å². The average molecular weight is 164 g/mol. The molecule has 0 aromatic rings. The van der Waals surface area contributed by atoms with E-state index >= 15 is 0 Å². The Morgan fingerprint density at radius 2 is 2.50 bits per heavy atom. The molecule has 62 valence electrons. The minimum absolute atomic E-state index is 0.0625. The summed E-state index contributed by atoms with van der Waals surface area (Å²) in [5.74, 6) is -1.07. The molecule has 0 saturated heterocycles. The molecule has 0 saturated carbocycles. The molecule has 0 bridgehead atoms. The van der Waals surface area contributed by atoms with Crippen molar-refractivity contribution in [2.24, 2.45) is 0 Å². The molecule has 1 heterocycles. The first-order valence-corrected chi connectivity index (χ1v) is 3.40. The number of aliphatic carboxylic acids is 1. The quantitative estimate of drug-likeness (QED) is 0.588. The topological polar surface area (TPSA) is 73.1 Å². The number of dihydropyridines is 1. The molecule has 0 radical (unpaired) electrons. The summed E-state index contributed by atoms with van der Waals surface area (Å²) in [4.78, 5) is 10.6. The molecule has 4 nitrogen and oxygen atoms in total. The summed E-state index contributed by atoms with van der Waals surface area (Å²) >= 11 is 0. The molecule has 0 fully saturated rings. The van der Waals surface area contributed by atoms with Crippen LogP contribution in [0.25, 0.3) is 0 Å². The third-order valence-electron chi connectivity index (χ3n) is 1.72. The van der Waals surface area contributed by atoms with Gasteiger partial charge in [0.2, 0.25) is 0 Å². The lowest BCUT2D eigenvalue weighted by molar-refractivity contribution is -0.133. The van der Waals surface area contributed by atoms with Crippen LogP contribution in [0.4, 0.5) is 0 Å². The molecule has 2 N–H and O–H groups in total. The van der Waals surface area contributed by atoms with Gasteiger partial charge in [-0.2, -0.15) is 5.26 Å². The van der Waals surface area contributed by atoms with E-state index in [2.05, 4.69) is 5.32 Å². The predicted octanol–water partition coefficient (Wildman–Crippen LogP) is 0.397. The van der Waals surface area contributed by atoms with Crippen LogP contribution in [0, 0.1) is 11.3 Å². The standard InChI is InChI=1S/C8H8N2O2/c1-8(5-9)6(7(11)12)3-2-4-10-8/h2-4,10H,1H3,(H,11,12). The lowest BCUT2D eigenvalue weighted by atomic mass is 9.91. The fourth-order valence-electron chi connectivity index (χ4n) is 0.981. The minimum atomic E-state index is -1.11. The van der Waals surface area contributed by atoms with Gasteiger partial charge in [0.15, 0.2) is 5.54 Å². The van der Waals surface area contributed by atoms with Gasteiger partial charge >= 0.3 is 5.97 Å². The summed E-state index contributed by atoms with van der Waals surface area (Å²) < 4.78 is 0. The minimum Gasteiger partial charge on any atom is -0.478 e. The molecule has 0 amide bonds. The molecule has 0 aromatic carbocycles. The normalized spacial score (nSPS) is 26.8. The van der Waals surface area contributed by atoms with Crippen LogP contribution in [0.3, 0.4) is 0 Å². The van der Waals surface area contributed by atoms with Crippen LogP contribution in [0.2, 0.25) is 0 Å². The molecular weight excluding hydrogens is 156 g/mol. The molecular formula is C8H8N2O2. The van der Waals surface area contributed by atoms with Crippen LogP contribution in [-0.2, 0) is 4.79 Å². The number of nitriles is 1. The smallest absolute Gasteiger partial charge is 0.335 e. The van der Waals surface area contributed by atoms with Gasteiger partial charge in [0.25, 0.3) is 0 Å². The third-order valence-corrected chi connectivity index (χ3v) is 1.72. The first-order chi connectivity index (χ1) is 5.60. The fraction of sp³-hybridized carbons (Fsp3) is 0.250. The largest absolute Gasteiger partial charge is 0.478 e. The number of nitrogens with zero attached hydrogens (tertiary/aromatic N) is 1. The van der Waals surface area contributed by atoms with Gasteiger partial charge < -0.3 is 10.4 Å². The molecule has 0 aliphatic carbocycles. The van der Waals surface area contributed by atoms with Crippen molar-refractivity contribution in [1.82, 2.24) is 5.32 Å². The number of carboxylic acid groups (broad SMARTS) is 1. The van der Waals surface area contributed by atoms with E-state index in [4.69, 9.17) is 10.4 Å². The first-order valence-electron chi connectivity index (χ1n) is 3.40. The summed E-state index contributed by atoms with van der Waals surface area (Å²) in [5, 5.41) is 20.1. The van der Waals surface area contributed by atoms with Crippen molar-refractivity contribution in [3.8, 4) is 6.07 Å². The van der Waals surface area contributed by atoms with E-state index in [0.717, 1.165) is 0 Å². The fourth-order valence-corrected chi connectivity index (χ4v) is 0.981. The van der Waals surface area contributed by atoms with Gasteiger partial charge in [0, 0.05) is 0 Å². The lowest BCUT2D eigenvalue weighted by Crippen LogP contribution is -2.43. The van der Waals surface area contributed by atoms with E-state index < -0.39 is 11.5 Å². The van der Waals surface area contributed by atoms with Crippen molar-refractivity contribution in [3.05, 3.63) is 23.9 Å². The second-order valence-electron chi connectivity index (χ2n) is 2.63. The predicted molar refractivity (Wildman–Crippen MR) is 42.0 cm³/mol. The second kappa shape index (κ2) is 2.70. The van der Waals surface area contributed by atoms with Gasteiger partial charge in [-0.25, -0.2) is 4.79 Å². The SMILES string of the molecule is CC1(C#N)NC=CC=C1C(=O)O. The maximum Gasteiger partial charge on any atom is 0.335 e. The molecule has 0 spiro atoms. The summed E-state index contributed by atoms with van der Waals surface area (Å²) in [5.41, 5.74) is -1.05. The molecule has 1 aliphatic heterocycles. The summed E-state index contributed by atoms with van der Waals surface area (Å²) in [6.07, 6.45) is 4.53. The maximum atomic E-state index is 10.6. The molecule has 0 aromatic heterocycles. The highest BCUT2D eigenvalue weighted by molar-refractivity contribution is 5.91. The summed E-state index contributed by atoms with van der Waals surface area (Å²) in [6, 6.07) is 1.90. The average Bonchev–Trinajstić information content (AvgIpc) is 2.05. The Labute approximate surface area is 69.8 Å². The Hall–Kier alpha value is -1.76. The molecule has 12 heavy (non-hydrogen) atoms. The highest BCUT2D eigenvalue weighted by Crippen LogP contribution is 2.18. The van der Waals surface area contributed by atoms with Crippen molar-refractivity contribution in [2.75, 3.05) is 0 Å². The Morgan fingerprint density at radius 1 is 1.83 bits per heavy atom. The molecule has 1 unspecified atom stereocenters. The number of carboxylic acids is 1. The summed E-state index contributed by atoms with van der Waals surface area (Å²) in [7, 11) is 0. The van der Waals surface area contributed by atoms with Crippen LogP contribution in [0.1, 0.15) is 6.92 Å². The number of nitrogens with one attached hydrogen (secondary N) is 1. The Bertz CT molecular complexity index is 312. The lowest BCUT2D eigenvalue weighted by Gasteiger charge is -2.24. The van der Waals surface area contributed by atoms with Crippen molar-refractivity contribution >= 4 is 5.97 Å². The van der Waals surface area contributed by atoms with Gasteiger partial charge in [-0.05, 0) is 25.3 Å². The highest BCUT2D eigenvalue weighted by Gasteiger charge is 2.33. The Balaban J connectivity index is 3.09. The van der Waals surface area contributed by atoms with Crippen molar-refractivity contribution in [2.45, 2.75) is 12.5 Å². The van der Waals surface area contributed by atoms with Crippen LogP contribution < -0.4 is 5.32 Å². The van der Waals surface area contributed by atoms with E-state index in [1.807, 2.05) is 6.07 Å². The number of hydrogen-bond acceptors (Lipinski definition) is 3.